The van der Waals surface area contributed by atoms with E-state index in [1.54, 1.807) is 28.8 Å². The number of fused-ring (bicyclic) bond motifs is 1. The van der Waals surface area contributed by atoms with E-state index >= 15 is 0 Å². The van der Waals surface area contributed by atoms with Crippen LogP contribution in [0.4, 0.5) is 0 Å². The topological polar surface area (TPSA) is 73.7 Å². The van der Waals surface area contributed by atoms with E-state index in [1.165, 1.54) is 11.8 Å². The van der Waals surface area contributed by atoms with Gasteiger partial charge < -0.3 is 14.4 Å². The van der Waals surface area contributed by atoms with Gasteiger partial charge >= 0.3 is 0 Å². The molecule has 5 rings (SSSR count). The maximum absolute atomic E-state index is 13.4. The first-order valence-corrected chi connectivity index (χ1v) is 13.4. The Hall–Kier alpha value is -2.10. The van der Waals surface area contributed by atoms with E-state index in [9.17, 15) is 9.59 Å². The summed E-state index contributed by atoms with van der Waals surface area (Å²) >= 11 is 13.8. The van der Waals surface area contributed by atoms with Gasteiger partial charge in [-0.3, -0.25) is 14.2 Å². The molecule has 2 saturated heterocycles. The fraction of sp³-hybridized carbons (Fsp3) is 0.400. The molecule has 7 nitrogen and oxygen atoms in total. The molecule has 10 heteroatoms. The number of thioether (sulfide) groups is 1. The van der Waals surface area contributed by atoms with Gasteiger partial charge in [-0.25, -0.2) is 4.98 Å². The maximum Gasteiger partial charge on any atom is 0.266 e. The normalized spacial score (nSPS) is 17.4. The van der Waals surface area contributed by atoms with E-state index in [0.717, 1.165) is 0 Å². The molecule has 2 aliphatic rings. The van der Waals surface area contributed by atoms with Crippen molar-refractivity contribution in [3.8, 4) is 5.69 Å². The standard InChI is InChI=1S/C25H25Cl2N3O4S/c26-19-8-7-17(16-20(19)27)30-23(32)18-4-1-2-5-21(18)28-24(30)35-15-3-6-22(31)29-11-9-25(10-12-29)33-13-14-34-25/h1-2,4-5,7-8,16H,3,6,9-15H2. The van der Waals surface area contributed by atoms with Crippen LogP contribution in [0, 0.1) is 0 Å². The van der Waals surface area contributed by atoms with Crippen LogP contribution in [0.3, 0.4) is 0 Å². The Balaban J connectivity index is 1.27. The number of amides is 1. The summed E-state index contributed by atoms with van der Waals surface area (Å²) in [6, 6.07) is 12.3. The molecule has 184 valence electrons. The number of para-hydroxylation sites is 1. The number of rotatable bonds is 6. The summed E-state index contributed by atoms with van der Waals surface area (Å²) in [5.74, 6) is 0.288. The second-order valence-corrected chi connectivity index (χ2v) is 10.5. The number of likely N-dealkylation sites (tertiary alicyclic amines) is 1. The van der Waals surface area contributed by atoms with E-state index in [-0.39, 0.29) is 11.5 Å². The molecule has 0 aliphatic carbocycles. The first-order valence-electron chi connectivity index (χ1n) is 11.6. The zero-order chi connectivity index (χ0) is 24.4. The van der Waals surface area contributed by atoms with E-state index < -0.39 is 5.79 Å². The summed E-state index contributed by atoms with van der Waals surface area (Å²) in [6.45, 7) is 2.55. The minimum Gasteiger partial charge on any atom is -0.347 e. The summed E-state index contributed by atoms with van der Waals surface area (Å²) in [7, 11) is 0. The highest BCUT2D eigenvalue weighted by Gasteiger charge is 2.40. The van der Waals surface area contributed by atoms with Crippen LogP contribution < -0.4 is 5.56 Å². The predicted octanol–water partition coefficient (Wildman–Crippen LogP) is 4.93. The molecule has 1 spiro atoms. The van der Waals surface area contributed by atoms with Crippen molar-refractivity contribution in [1.29, 1.82) is 0 Å². The molecule has 0 saturated carbocycles. The molecule has 0 bridgehead atoms. The monoisotopic (exact) mass is 533 g/mol. The third-order valence-electron chi connectivity index (χ3n) is 6.36. The number of aromatic nitrogens is 2. The molecule has 2 aliphatic heterocycles. The van der Waals surface area contributed by atoms with Crippen LogP contribution in [0.1, 0.15) is 25.7 Å². The van der Waals surface area contributed by atoms with Gasteiger partial charge in [0.05, 0.1) is 39.8 Å². The zero-order valence-corrected chi connectivity index (χ0v) is 21.4. The smallest absolute Gasteiger partial charge is 0.266 e. The number of nitrogens with zero attached hydrogens (tertiary/aromatic N) is 3. The number of carbonyl (C=O) groups is 1. The Morgan fingerprint density at radius 2 is 1.80 bits per heavy atom. The lowest BCUT2D eigenvalue weighted by Gasteiger charge is -2.37. The van der Waals surface area contributed by atoms with Crippen LogP contribution in [-0.2, 0) is 14.3 Å². The van der Waals surface area contributed by atoms with Crippen LogP contribution in [0.2, 0.25) is 10.0 Å². The van der Waals surface area contributed by atoms with Crippen LogP contribution in [0.5, 0.6) is 0 Å². The van der Waals surface area contributed by atoms with Gasteiger partial charge in [0.25, 0.3) is 5.56 Å². The van der Waals surface area contributed by atoms with Gasteiger partial charge in [0, 0.05) is 38.1 Å². The quantitative estimate of drug-likeness (QED) is 0.254. The summed E-state index contributed by atoms with van der Waals surface area (Å²) < 4.78 is 13.0. The summed E-state index contributed by atoms with van der Waals surface area (Å²) in [5.41, 5.74) is 1.05. The molecule has 0 radical (unpaired) electrons. The van der Waals surface area contributed by atoms with Crippen molar-refractivity contribution in [3.63, 3.8) is 0 Å². The second-order valence-electron chi connectivity index (χ2n) is 8.59. The number of hydrogen-bond donors (Lipinski definition) is 0. The summed E-state index contributed by atoms with van der Waals surface area (Å²) in [6.07, 6.45) is 2.53. The Morgan fingerprint density at radius 1 is 1.06 bits per heavy atom. The van der Waals surface area contributed by atoms with E-state index in [2.05, 4.69) is 0 Å². The average molecular weight is 534 g/mol. The first-order chi connectivity index (χ1) is 17.0. The molecule has 2 fully saturated rings. The molecule has 3 aromatic rings. The van der Waals surface area contributed by atoms with Crippen LogP contribution in [0.25, 0.3) is 16.6 Å². The fourth-order valence-electron chi connectivity index (χ4n) is 4.49. The summed E-state index contributed by atoms with van der Waals surface area (Å²) in [4.78, 5) is 32.7. The number of halogens is 2. The highest BCUT2D eigenvalue weighted by atomic mass is 35.5. The van der Waals surface area contributed by atoms with E-state index in [0.29, 0.717) is 89.5 Å². The van der Waals surface area contributed by atoms with Gasteiger partial charge in [-0.05, 0) is 36.8 Å². The van der Waals surface area contributed by atoms with Crippen LogP contribution in [-0.4, -0.2) is 58.2 Å². The highest BCUT2D eigenvalue weighted by Crippen LogP contribution is 2.32. The first kappa shape index (κ1) is 24.6. The molecule has 1 aromatic heterocycles. The van der Waals surface area contributed by atoms with Crippen molar-refractivity contribution in [1.82, 2.24) is 14.5 Å². The van der Waals surface area contributed by atoms with Gasteiger partial charge in [0.1, 0.15) is 0 Å². The number of benzene rings is 2. The molecule has 0 unspecified atom stereocenters. The maximum atomic E-state index is 13.4. The van der Waals surface area contributed by atoms with Crippen molar-refractivity contribution >= 4 is 51.8 Å². The lowest BCUT2D eigenvalue weighted by atomic mass is 10.0. The minimum absolute atomic E-state index is 0.131. The van der Waals surface area contributed by atoms with Crippen molar-refractivity contribution in [2.75, 3.05) is 32.1 Å². The third kappa shape index (κ3) is 5.22. The van der Waals surface area contributed by atoms with Gasteiger partial charge in [0.15, 0.2) is 10.9 Å². The van der Waals surface area contributed by atoms with Crippen molar-refractivity contribution in [3.05, 3.63) is 62.9 Å². The van der Waals surface area contributed by atoms with Crippen LogP contribution >= 0.6 is 35.0 Å². The van der Waals surface area contributed by atoms with Gasteiger partial charge in [-0.1, -0.05) is 47.1 Å². The van der Waals surface area contributed by atoms with Gasteiger partial charge in [-0.2, -0.15) is 0 Å². The Kier molecular flexibility index (Phi) is 7.37. The Morgan fingerprint density at radius 3 is 2.54 bits per heavy atom. The molecule has 1 amide bonds. The molecule has 2 aromatic carbocycles. The lowest BCUT2D eigenvalue weighted by molar-refractivity contribution is -0.187. The molecule has 0 atom stereocenters. The second kappa shape index (κ2) is 10.5. The summed E-state index contributed by atoms with van der Waals surface area (Å²) in [5, 5.41) is 1.85. The Bertz CT molecular complexity index is 1300. The van der Waals surface area contributed by atoms with Crippen LogP contribution in [0.15, 0.2) is 52.4 Å². The van der Waals surface area contributed by atoms with Gasteiger partial charge in [0.2, 0.25) is 5.91 Å². The van der Waals surface area contributed by atoms with E-state index in [4.69, 9.17) is 37.7 Å². The van der Waals surface area contributed by atoms with Crippen molar-refractivity contribution < 1.29 is 14.3 Å². The molecule has 35 heavy (non-hydrogen) atoms. The number of piperidine rings is 1. The average Bonchev–Trinajstić information content (AvgIpc) is 3.32. The molecule has 0 N–H and O–H groups in total. The van der Waals surface area contributed by atoms with Crippen molar-refractivity contribution in [2.45, 2.75) is 36.6 Å². The molecule has 3 heterocycles. The van der Waals surface area contributed by atoms with Gasteiger partial charge in [-0.15, -0.1) is 0 Å². The molecular weight excluding hydrogens is 509 g/mol. The lowest BCUT2D eigenvalue weighted by Crippen LogP contribution is -2.47. The molecular formula is C25H25Cl2N3O4S. The Labute approximate surface area is 217 Å². The predicted molar refractivity (Wildman–Crippen MR) is 138 cm³/mol. The fourth-order valence-corrected chi connectivity index (χ4v) is 5.73. The number of hydrogen-bond acceptors (Lipinski definition) is 6. The van der Waals surface area contributed by atoms with Crippen molar-refractivity contribution in [2.24, 2.45) is 0 Å². The third-order valence-corrected chi connectivity index (χ3v) is 8.13. The number of carbonyl (C=O) groups excluding carboxylic acids is 1. The highest BCUT2D eigenvalue weighted by molar-refractivity contribution is 7.99. The number of ether oxygens (including phenoxy) is 2. The zero-order valence-electron chi connectivity index (χ0n) is 19.0. The van der Waals surface area contributed by atoms with E-state index in [1.807, 2.05) is 23.1 Å². The SMILES string of the molecule is O=C(CCCSc1nc2ccccc2c(=O)n1-c1ccc(Cl)c(Cl)c1)N1CCC2(CC1)OCCO2. The largest absolute Gasteiger partial charge is 0.347 e. The minimum atomic E-state index is -0.484.